The van der Waals surface area contributed by atoms with Gasteiger partial charge in [-0.15, -0.1) is 0 Å². The average Bonchev–Trinajstić information content (AvgIpc) is 3.57. The summed E-state index contributed by atoms with van der Waals surface area (Å²) in [6.45, 7) is -0.0761. The van der Waals surface area contributed by atoms with E-state index in [-0.39, 0.29) is 23.4 Å². The van der Waals surface area contributed by atoms with E-state index in [9.17, 15) is 44.1 Å². The van der Waals surface area contributed by atoms with E-state index in [1.165, 1.54) is 10.9 Å². The van der Waals surface area contributed by atoms with Crippen LogP contribution in [0.2, 0.25) is 0 Å². The molecule has 3 unspecified atom stereocenters. The number of anilines is 1. The summed E-state index contributed by atoms with van der Waals surface area (Å²) >= 11 is 0. The smallest absolute Gasteiger partial charge is 0.306 e. The summed E-state index contributed by atoms with van der Waals surface area (Å²) in [7, 11) is -11.3. The van der Waals surface area contributed by atoms with Crippen molar-refractivity contribution in [2.24, 2.45) is 0 Å². The summed E-state index contributed by atoms with van der Waals surface area (Å²) in [5, 5.41) is 41.0. The van der Waals surface area contributed by atoms with E-state index >= 15 is 0 Å². The van der Waals surface area contributed by atoms with Gasteiger partial charge in [-0.3, -0.25) is 18.5 Å². The summed E-state index contributed by atoms with van der Waals surface area (Å²) in [5.74, 6) is -0.673. The Morgan fingerprint density at radius 1 is 1.00 bits per heavy atom. The number of ether oxygens (including phenoxy) is 3. The van der Waals surface area contributed by atoms with E-state index in [4.69, 9.17) is 19.9 Å². The summed E-state index contributed by atoms with van der Waals surface area (Å²) in [4.78, 5) is 48.1. The molecule has 0 bridgehead atoms. The van der Waals surface area contributed by atoms with Crippen LogP contribution in [0.15, 0.2) is 12.7 Å². The van der Waals surface area contributed by atoms with Gasteiger partial charge in [0.05, 0.1) is 19.5 Å². The molecule has 6 N–H and O–H groups in total. The fraction of sp³-hybridized carbons (Fsp3) is 0.714. The van der Waals surface area contributed by atoms with Crippen molar-refractivity contribution < 1.29 is 71.7 Å². The zero-order chi connectivity index (χ0) is 31.5. The lowest BCUT2D eigenvalue weighted by molar-refractivity contribution is -0.247. The van der Waals surface area contributed by atoms with Gasteiger partial charge in [-0.05, 0) is 6.42 Å². The lowest BCUT2D eigenvalue weighted by Crippen LogP contribution is -2.38. The first kappa shape index (κ1) is 33.7. The second-order valence-corrected chi connectivity index (χ2v) is 12.6. The minimum absolute atomic E-state index is 0.0282. The van der Waals surface area contributed by atoms with Gasteiger partial charge in [-0.2, -0.15) is 0 Å². The zero-order valence-electron chi connectivity index (χ0n) is 22.6. The molecule has 20 nitrogen and oxygen atoms in total. The molecule has 0 aromatic carbocycles. The van der Waals surface area contributed by atoms with Gasteiger partial charge in [0.15, 0.2) is 30.1 Å². The second kappa shape index (κ2) is 13.9. The maximum Gasteiger partial charge on any atom is 0.306 e. The number of nitrogens with zero attached hydrogens (tertiary/aromatic N) is 4. The van der Waals surface area contributed by atoms with Gasteiger partial charge >= 0.3 is 5.97 Å². The summed E-state index contributed by atoms with van der Waals surface area (Å²) in [6, 6.07) is 0. The normalized spacial score (nSPS) is 32.1. The molecule has 2 aliphatic rings. The van der Waals surface area contributed by atoms with Gasteiger partial charge in [0, 0.05) is 6.42 Å². The largest absolute Gasteiger partial charge is 0.756 e. The lowest BCUT2D eigenvalue weighted by atomic mass is 10.1. The number of nitrogens with two attached hydrogens (primary N) is 1. The van der Waals surface area contributed by atoms with Crippen molar-refractivity contribution in [2.45, 2.75) is 81.7 Å². The molecule has 2 fully saturated rings. The number of hydrogen-bond acceptors (Lipinski definition) is 19. The molecule has 0 radical (unpaired) electrons. The number of nitrogen functional groups attached to an aromatic ring is 1. The Morgan fingerprint density at radius 2 is 1.65 bits per heavy atom. The Morgan fingerprint density at radius 3 is 2.30 bits per heavy atom. The van der Waals surface area contributed by atoms with Crippen LogP contribution in [0.5, 0.6) is 0 Å². The molecule has 2 aromatic rings. The number of esters is 1. The van der Waals surface area contributed by atoms with Crippen LogP contribution in [0.25, 0.3) is 11.2 Å². The van der Waals surface area contributed by atoms with Crippen LogP contribution in [0.4, 0.5) is 5.82 Å². The number of hydrogen-bond donors (Lipinski definition) is 5. The third-order valence-corrected chi connectivity index (χ3v) is 9.09. The molecule has 4 heterocycles. The predicted molar refractivity (Wildman–Crippen MR) is 135 cm³/mol. The topological polar surface area (TPSA) is 303 Å². The Labute approximate surface area is 243 Å². The van der Waals surface area contributed by atoms with Crippen LogP contribution in [-0.4, -0.2) is 102 Å². The van der Waals surface area contributed by atoms with E-state index in [1.807, 2.05) is 6.92 Å². The minimum Gasteiger partial charge on any atom is -0.756 e. The van der Waals surface area contributed by atoms with Crippen molar-refractivity contribution in [1.29, 1.82) is 0 Å². The van der Waals surface area contributed by atoms with Crippen molar-refractivity contribution in [2.75, 3.05) is 18.9 Å². The predicted octanol–water partition coefficient (Wildman–Crippen LogP) is -2.42. The van der Waals surface area contributed by atoms with Crippen molar-refractivity contribution >= 4 is 38.6 Å². The van der Waals surface area contributed by atoms with E-state index < -0.39 is 84.0 Å². The number of carbonyl (C=O) groups excluding carboxylic acids is 1. The van der Waals surface area contributed by atoms with Crippen LogP contribution in [0.1, 0.15) is 38.8 Å². The third kappa shape index (κ3) is 8.12. The molecule has 2 saturated heterocycles. The molecule has 0 saturated carbocycles. The quantitative estimate of drug-likeness (QED) is 0.0803. The fourth-order valence-corrected chi connectivity index (χ4v) is 6.38. The van der Waals surface area contributed by atoms with Gasteiger partial charge in [-0.25, -0.2) is 19.3 Å². The molecule has 4 rings (SSSR count). The van der Waals surface area contributed by atoms with E-state index in [0.717, 1.165) is 19.2 Å². The highest BCUT2D eigenvalue weighted by atomic mass is 31.3. The molecule has 0 spiro atoms. The van der Waals surface area contributed by atoms with Gasteiger partial charge in [-0.1, -0.05) is 19.8 Å². The van der Waals surface area contributed by atoms with Gasteiger partial charge < -0.3 is 59.2 Å². The van der Waals surface area contributed by atoms with Crippen LogP contribution in [0.3, 0.4) is 0 Å². The van der Waals surface area contributed by atoms with Crippen LogP contribution in [0, 0.1) is 0 Å². The Balaban J connectivity index is 1.27. The Bertz CT molecular complexity index is 1370. The molecular formula is C21H31N5O15P2-2. The van der Waals surface area contributed by atoms with Crippen molar-refractivity contribution in [3.05, 3.63) is 12.7 Å². The van der Waals surface area contributed by atoms with Gasteiger partial charge in [0.25, 0.3) is 15.6 Å². The molecule has 0 amide bonds. The molecule has 43 heavy (non-hydrogen) atoms. The molecule has 22 heteroatoms. The van der Waals surface area contributed by atoms with Crippen molar-refractivity contribution in [1.82, 2.24) is 19.5 Å². The number of aliphatic hydroxyl groups is 4. The standard InChI is InChI=1S/C21H33N5O15P2/c1-2-3-4-5-12(27)40-17-15(29)11(39-21(17)31)7-37-43(34,35)41-42(32,33)36-6-10-14(28)16(30)20(38-10)26-9-25-13-18(22)23-8-24-19(13)26/h8-11,14-17,20-21,28-31H,2-7H2,1H3,(H,32,33)(H,34,35)(H2,22,23,24)/p-2/t10-,11-,14-,15-,16-,17-,20-,21?/m1/s1. The minimum atomic E-state index is -5.67. The number of fused-ring (bicyclic) bond motifs is 1. The summed E-state index contributed by atoms with van der Waals surface area (Å²) in [5.41, 5.74) is 6.06. The SMILES string of the molecule is CCCCCC(=O)O[C@H]1C(O)O[C@H](COP(=O)([O-])OP(=O)([O-])OC[C@H]2O[C@@H](n3cnc4c(N)ncnc43)[C@H](O)[C@@H]2O)[C@H]1O. The highest BCUT2D eigenvalue weighted by Gasteiger charge is 2.47. The number of aromatic nitrogens is 4. The molecular weight excluding hydrogens is 624 g/mol. The molecule has 2 aromatic heterocycles. The molecule has 2 aliphatic heterocycles. The number of phosphoric acid groups is 2. The third-order valence-electron chi connectivity index (χ3n) is 6.56. The first-order valence-corrected chi connectivity index (χ1v) is 15.9. The van der Waals surface area contributed by atoms with Crippen LogP contribution in [-0.2, 0) is 41.5 Å². The van der Waals surface area contributed by atoms with Crippen LogP contribution >= 0.6 is 15.6 Å². The molecule has 0 aliphatic carbocycles. The number of imidazole rings is 1. The van der Waals surface area contributed by atoms with Gasteiger partial charge in [0.1, 0.15) is 42.4 Å². The van der Waals surface area contributed by atoms with E-state index in [1.54, 1.807) is 0 Å². The maximum absolute atomic E-state index is 12.2. The number of carbonyl (C=O) groups is 1. The first-order valence-electron chi connectivity index (χ1n) is 13.0. The number of unbranched alkanes of at least 4 members (excludes halogenated alkanes) is 2. The summed E-state index contributed by atoms with van der Waals surface area (Å²) in [6.07, 6.45) is -8.21. The average molecular weight is 655 g/mol. The highest BCUT2D eigenvalue weighted by molar-refractivity contribution is 7.59. The van der Waals surface area contributed by atoms with E-state index in [0.29, 0.717) is 6.42 Å². The van der Waals surface area contributed by atoms with E-state index in [2.05, 4.69) is 28.3 Å². The lowest BCUT2D eigenvalue weighted by Gasteiger charge is -2.32. The second-order valence-electron chi connectivity index (χ2n) is 9.66. The Hall–Kier alpha value is -2.16. The maximum atomic E-state index is 12.2. The first-order chi connectivity index (χ1) is 20.2. The monoisotopic (exact) mass is 655 g/mol. The van der Waals surface area contributed by atoms with Crippen molar-refractivity contribution in [3.63, 3.8) is 0 Å². The molecule has 242 valence electrons. The zero-order valence-corrected chi connectivity index (χ0v) is 24.3. The number of phosphoric ester groups is 2. The van der Waals surface area contributed by atoms with Gasteiger partial charge in [0.2, 0.25) is 0 Å². The number of aliphatic hydroxyl groups excluding tert-OH is 4. The summed E-state index contributed by atoms with van der Waals surface area (Å²) < 4.78 is 54.1. The fourth-order valence-electron chi connectivity index (χ4n) is 4.37. The van der Waals surface area contributed by atoms with Crippen molar-refractivity contribution in [3.8, 4) is 0 Å². The number of rotatable bonds is 14. The molecule has 10 atom stereocenters. The highest BCUT2D eigenvalue weighted by Crippen LogP contribution is 2.56. The van der Waals surface area contributed by atoms with Crippen LogP contribution < -0.4 is 15.5 Å². The Kier molecular flexibility index (Phi) is 10.9.